The predicted octanol–water partition coefficient (Wildman–Crippen LogP) is 0.228. The molecular formula is C13H16N2O5S. The Morgan fingerprint density at radius 3 is 2.81 bits per heavy atom. The molecule has 3 N–H and O–H groups in total. The number of carbonyl (C=O) groups excluding carboxylic acids is 2. The summed E-state index contributed by atoms with van der Waals surface area (Å²) in [5.41, 5.74) is -1.34. The van der Waals surface area contributed by atoms with Gasteiger partial charge in [-0.15, -0.1) is 11.3 Å². The molecule has 0 saturated carbocycles. The fraction of sp³-hybridized carbons (Fsp3) is 0.462. The molecule has 1 fully saturated rings. The summed E-state index contributed by atoms with van der Waals surface area (Å²) in [4.78, 5) is 35.3. The molecule has 1 unspecified atom stereocenters. The van der Waals surface area contributed by atoms with Gasteiger partial charge in [0.15, 0.2) is 5.54 Å². The molecule has 0 aromatic carbocycles. The quantitative estimate of drug-likeness (QED) is 0.697. The zero-order valence-electron chi connectivity index (χ0n) is 11.3. The normalized spacial score (nSPS) is 21.0. The largest absolute Gasteiger partial charge is 0.479 e. The van der Waals surface area contributed by atoms with Crippen LogP contribution in [-0.2, 0) is 14.3 Å². The van der Waals surface area contributed by atoms with E-state index in [4.69, 9.17) is 4.74 Å². The van der Waals surface area contributed by atoms with Crippen molar-refractivity contribution >= 4 is 29.1 Å². The van der Waals surface area contributed by atoms with E-state index in [0.29, 0.717) is 11.5 Å². The Balaban J connectivity index is 1.77. The van der Waals surface area contributed by atoms with Crippen molar-refractivity contribution in [1.82, 2.24) is 10.6 Å². The molecule has 7 nitrogen and oxygen atoms in total. The third-order valence-electron chi connectivity index (χ3n) is 3.19. The number of carbonyl (C=O) groups is 3. The van der Waals surface area contributed by atoms with Crippen LogP contribution < -0.4 is 10.6 Å². The fourth-order valence-electron chi connectivity index (χ4n) is 2.00. The number of hydrogen-bond donors (Lipinski definition) is 3. The predicted molar refractivity (Wildman–Crippen MR) is 75.2 cm³/mol. The molecule has 1 aliphatic rings. The van der Waals surface area contributed by atoms with Gasteiger partial charge in [-0.05, 0) is 11.4 Å². The molecule has 1 aliphatic heterocycles. The summed E-state index contributed by atoms with van der Waals surface area (Å²) >= 11 is 1.31. The number of amides is 2. The number of rotatable bonds is 6. The minimum absolute atomic E-state index is 0.0200. The topological polar surface area (TPSA) is 105 Å². The molecule has 0 spiro atoms. The monoisotopic (exact) mass is 312 g/mol. The van der Waals surface area contributed by atoms with Crippen LogP contribution in [0, 0.1) is 0 Å². The molecule has 1 aromatic rings. The van der Waals surface area contributed by atoms with E-state index in [0.717, 1.165) is 0 Å². The second-order valence-electron chi connectivity index (χ2n) is 4.72. The van der Waals surface area contributed by atoms with Crippen LogP contribution in [0.5, 0.6) is 0 Å². The van der Waals surface area contributed by atoms with E-state index >= 15 is 0 Å². The summed E-state index contributed by atoms with van der Waals surface area (Å²) in [6.45, 7) is 0.427. The van der Waals surface area contributed by atoms with Gasteiger partial charge in [-0.25, -0.2) is 4.79 Å². The van der Waals surface area contributed by atoms with Crippen molar-refractivity contribution < 1.29 is 24.2 Å². The van der Waals surface area contributed by atoms with Gasteiger partial charge in [0.1, 0.15) is 0 Å². The lowest BCUT2D eigenvalue weighted by Gasteiger charge is -2.23. The van der Waals surface area contributed by atoms with Gasteiger partial charge < -0.3 is 20.5 Å². The summed E-state index contributed by atoms with van der Waals surface area (Å²) in [7, 11) is 0. The maximum Gasteiger partial charge on any atom is 0.331 e. The number of ether oxygens (including phenoxy) is 1. The minimum atomic E-state index is -1.34. The molecule has 2 amide bonds. The Kier molecular flexibility index (Phi) is 4.92. The summed E-state index contributed by atoms with van der Waals surface area (Å²) in [5, 5.41) is 16.1. The molecule has 1 saturated heterocycles. The Morgan fingerprint density at radius 1 is 1.43 bits per heavy atom. The van der Waals surface area contributed by atoms with Crippen molar-refractivity contribution in [3.63, 3.8) is 0 Å². The van der Waals surface area contributed by atoms with Crippen LogP contribution in [0.25, 0.3) is 0 Å². The standard InChI is InChI=1S/C13H16N2O5S/c16-10(15-13(12(18)19)4-6-20-8-13)3-5-14-11(17)9-2-1-7-21-9/h1-2,7H,3-6,8H2,(H,14,17)(H,15,16)(H,18,19). The van der Waals surface area contributed by atoms with Gasteiger partial charge in [0.05, 0.1) is 11.5 Å². The molecular weight excluding hydrogens is 296 g/mol. The molecule has 8 heteroatoms. The highest BCUT2D eigenvalue weighted by molar-refractivity contribution is 7.12. The van der Waals surface area contributed by atoms with Crippen molar-refractivity contribution in [3.05, 3.63) is 22.4 Å². The second-order valence-corrected chi connectivity index (χ2v) is 5.67. The molecule has 1 aromatic heterocycles. The van der Waals surface area contributed by atoms with E-state index in [2.05, 4.69) is 10.6 Å². The van der Waals surface area contributed by atoms with Gasteiger partial charge in [0, 0.05) is 26.0 Å². The van der Waals surface area contributed by atoms with Gasteiger partial charge in [-0.3, -0.25) is 9.59 Å². The number of carboxylic acids is 1. The Hall–Kier alpha value is -1.93. The SMILES string of the molecule is O=C(CCNC(=O)c1cccs1)NC1(C(=O)O)CCOC1. The van der Waals surface area contributed by atoms with E-state index < -0.39 is 17.4 Å². The summed E-state index contributed by atoms with van der Waals surface area (Å²) < 4.78 is 5.05. The number of thiophene rings is 1. The van der Waals surface area contributed by atoms with Crippen molar-refractivity contribution in [2.24, 2.45) is 0 Å². The number of aliphatic carboxylic acids is 1. The van der Waals surface area contributed by atoms with Gasteiger partial charge >= 0.3 is 5.97 Å². The highest BCUT2D eigenvalue weighted by atomic mass is 32.1. The average molecular weight is 312 g/mol. The van der Waals surface area contributed by atoms with Crippen LogP contribution in [-0.4, -0.2) is 48.2 Å². The summed E-state index contributed by atoms with van der Waals surface area (Å²) in [5.74, 6) is -1.76. The zero-order valence-corrected chi connectivity index (χ0v) is 12.1. The first-order valence-corrected chi connectivity index (χ1v) is 7.35. The van der Waals surface area contributed by atoms with Gasteiger partial charge in [-0.2, -0.15) is 0 Å². The minimum Gasteiger partial charge on any atom is -0.479 e. The third kappa shape index (κ3) is 3.79. The lowest BCUT2D eigenvalue weighted by atomic mass is 9.99. The van der Waals surface area contributed by atoms with Crippen molar-refractivity contribution in [2.75, 3.05) is 19.8 Å². The lowest BCUT2D eigenvalue weighted by molar-refractivity contribution is -0.147. The van der Waals surface area contributed by atoms with Gasteiger partial charge in [0.25, 0.3) is 5.91 Å². The average Bonchev–Trinajstić information content (AvgIpc) is 3.10. The van der Waals surface area contributed by atoms with E-state index in [1.807, 2.05) is 0 Å². The maximum absolute atomic E-state index is 11.8. The van der Waals surface area contributed by atoms with Crippen molar-refractivity contribution in [3.8, 4) is 0 Å². The second kappa shape index (κ2) is 6.68. The highest BCUT2D eigenvalue weighted by Gasteiger charge is 2.43. The number of carboxylic acid groups (broad SMARTS) is 1. The van der Waals surface area contributed by atoms with Crippen LogP contribution in [0.3, 0.4) is 0 Å². The molecule has 21 heavy (non-hydrogen) atoms. The van der Waals surface area contributed by atoms with Crippen LogP contribution in [0.2, 0.25) is 0 Å². The molecule has 1 atom stereocenters. The molecule has 2 rings (SSSR count). The Morgan fingerprint density at radius 2 is 2.24 bits per heavy atom. The third-order valence-corrected chi connectivity index (χ3v) is 4.06. The number of hydrogen-bond acceptors (Lipinski definition) is 5. The number of nitrogens with one attached hydrogen (secondary N) is 2. The first-order chi connectivity index (χ1) is 10.0. The summed E-state index contributed by atoms with van der Waals surface area (Å²) in [6.07, 6.45) is 0.266. The first kappa shape index (κ1) is 15.5. The first-order valence-electron chi connectivity index (χ1n) is 6.47. The lowest BCUT2D eigenvalue weighted by Crippen LogP contribution is -2.55. The van der Waals surface area contributed by atoms with Crippen LogP contribution in [0.15, 0.2) is 17.5 Å². The molecule has 0 bridgehead atoms. The molecule has 114 valence electrons. The van der Waals surface area contributed by atoms with E-state index in [-0.39, 0.29) is 31.9 Å². The van der Waals surface area contributed by atoms with E-state index in [1.54, 1.807) is 17.5 Å². The zero-order chi connectivity index (χ0) is 15.3. The van der Waals surface area contributed by atoms with Crippen LogP contribution in [0.1, 0.15) is 22.5 Å². The van der Waals surface area contributed by atoms with E-state index in [9.17, 15) is 19.5 Å². The van der Waals surface area contributed by atoms with Crippen molar-refractivity contribution in [2.45, 2.75) is 18.4 Å². The molecule has 2 heterocycles. The van der Waals surface area contributed by atoms with Crippen LogP contribution >= 0.6 is 11.3 Å². The Bertz CT molecular complexity index is 523. The highest BCUT2D eigenvalue weighted by Crippen LogP contribution is 2.19. The summed E-state index contributed by atoms with van der Waals surface area (Å²) in [6, 6.07) is 3.46. The van der Waals surface area contributed by atoms with E-state index in [1.165, 1.54) is 11.3 Å². The van der Waals surface area contributed by atoms with Gasteiger partial charge in [0.2, 0.25) is 5.91 Å². The fourth-order valence-corrected chi connectivity index (χ4v) is 2.64. The molecule has 0 aliphatic carbocycles. The Labute approximate surface area is 125 Å². The maximum atomic E-state index is 11.8. The van der Waals surface area contributed by atoms with Crippen molar-refractivity contribution in [1.29, 1.82) is 0 Å². The molecule has 0 radical (unpaired) electrons. The smallest absolute Gasteiger partial charge is 0.331 e. The van der Waals surface area contributed by atoms with Crippen LogP contribution in [0.4, 0.5) is 0 Å². The van der Waals surface area contributed by atoms with Gasteiger partial charge in [-0.1, -0.05) is 6.07 Å².